The predicted octanol–water partition coefficient (Wildman–Crippen LogP) is 3.64. The highest BCUT2D eigenvalue weighted by Crippen LogP contribution is 2.15. The number of carbonyl (C=O) groups is 1. The summed E-state index contributed by atoms with van der Waals surface area (Å²) in [6.45, 7) is 4.16. The molecule has 0 bridgehead atoms. The number of carbonyl (C=O) groups excluding carboxylic acids is 1. The van der Waals surface area contributed by atoms with Gasteiger partial charge in [-0.3, -0.25) is 9.48 Å². The molecule has 26 heavy (non-hydrogen) atoms. The first-order valence-corrected chi connectivity index (χ1v) is 9.09. The molecule has 1 unspecified atom stereocenters. The molecule has 1 atom stereocenters. The maximum absolute atomic E-state index is 12.3. The van der Waals surface area contributed by atoms with Crippen LogP contribution in [-0.2, 0) is 17.9 Å². The summed E-state index contributed by atoms with van der Waals surface area (Å²) < 4.78 is 9.74. The molecular formula is C18H20BrN5O2. The Kier molecular flexibility index (Phi) is 5.72. The van der Waals surface area contributed by atoms with Crippen LogP contribution in [0.4, 0.5) is 5.69 Å². The van der Waals surface area contributed by atoms with Gasteiger partial charge in [0.05, 0.1) is 28.8 Å². The molecule has 0 radical (unpaired) electrons. The van der Waals surface area contributed by atoms with Gasteiger partial charge >= 0.3 is 0 Å². The van der Waals surface area contributed by atoms with Gasteiger partial charge in [-0.1, -0.05) is 19.1 Å². The molecule has 7 nitrogen and oxygen atoms in total. The molecule has 0 aliphatic heterocycles. The van der Waals surface area contributed by atoms with Gasteiger partial charge in [-0.2, -0.15) is 10.2 Å². The van der Waals surface area contributed by atoms with E-state index in [-0.39, 0.29) is 12.6 Å². The molecule has 3 rings (SSSR count). The van der Waals surface area contributed by atoms with Crippen molar-refractivity contribution in [1.82, 2.24) is 19.6 Å². The summed E-state index contributed by atoms with van der Waals surface area (Å²) in [5, 5.41) is 11.2. The maximum atomic E-state index is 12.3. The van der Waals surface area contributed by atoms with E-state index in [9.17, 15) is 4.79 Å². The van der Waals surface area contributed by atoms with E-state index >= 15 is 0 Å². The van der Waals surface area contributed by atoms with E-state index in [4.69, 9.17) is 4.74 Å². The van der Waals surface area contributed by atoms with Crippen LogP contribution in [0.3, 0.4) is 0 Å². The molecule has 136 valence electrons. The second-order valence-corrected chi connectivity index (χ2v) is 6.76. The summed E-state index contributed by atoms with van der Waals surface area (Å²) in [6.07, 6.45) is 7.71. The van der Waals surface area contributed by atoms with Crippen LogP contribution in [0.5, 0.6) is 5.75 Å². The van der Waals surface area contributed by atoms with E-state index in [2.05, 4.69) is 38.4 Å². The van der Waals surface area contributed by atoms with Crippen LogP contribution in [0.15, 0.2) is 53.5 Å². The summed E-state index contributed by atoms with van der Waals surface area (Å²) in [5.41, 5.74) is 1.87. The molecule has 0 saturated heterocycles. The van der Waals surface area contributed by atoms with Crippen molar-refractivity contribution in [3.63, 3.8) is 0 Å². The highest BCUT2D eigenvalue weighted by atomic mass is 79.9. The number of nitrogens with one attached hydrogen (secondary N) is 1. The van der Waals surface area contributed by atoms with Crippen molar-refractivity contribution in [3.05, 3.63) is 59.1 Å². The van der Waals surface area contributed by atoms with Gasteiger partial charge in [0.15, 0.2) is 6.73 Å². The van der Waals surface area contributed by atoms with E-state index in [1.54, 1.807) is 41.1 Å². The average molecular weight is 418 g/mol. The van der Waals surface area contributed by atoms with Crippen molar-refractivity contribution >= 4 is 27.5 Å². The lowest BCUT2D eigenvalue weighted by molar-refractivity contribution is -0.119. The first-order chi connectivity index (χ1) is 12.5. The standard InChI is InChI=1S/C18H20BrN5O2/c1-3-14-4-6-17(7-5-14)26-12-23-11-16(9-20-23)22-18(25)13(2)24-10-15(19)8-21-24/h4-11,13H,3,12H2,1-2H3,(H,22,25). The highest BCUT2D eigenvalue weighted by molar-refractivity contribution is 9.10. The van der Waals surface area contributed by atoms with E-state index in [0.717, 1.165) is 16.6 Å². The van der Waals surface area contributed by atoms with Gasteiger partial charge in [-0.05, 0) is 47.0 Å². The molecule has 0 spiro atoms. The van der Waals surface area contributed by atoms with E-state index in [1.807, 2.05) is 24.3 Å². The summed E-state index contributed by atoms with van der Waals surface area (Å²) in [5.74, 6) is 0.609. The number of benzene rings is 1. The predicted molar refractivity (Wildman–Crippen MR) is 102 cm³/mol. The topological polar surface area (TPSA) is 74.0 Å². The fourth-order valence-corrected chi connectivity index (χ4v) is 2.66. The van der Waals surface area contributed by atoms with Gasteiger partial charge in [0, 0.05) is 6.20 Å². The summed E-state index contributed by atoms with van der Waals surface area (Å²) >= 11 is 3.32. The van der Waals surface area contributed by atoms with Crippen LogP contribution in [0, 0.1) is 0 Å². The SMILES string of the molecule is CCc1ccc(OCn2cc(NC(=O)C(C)n3cc(Br)cn3)cn2)cc1. The number of ether oxygens (including phenoxy) is 1. The van der Waals surface area contributed by atoms with Crippen LogP contribution >= 0.6 is 15.9 Å². The number of anilines is 1. The molecule has 2 heterocycles. The Balaban J connectivity index is 1.54. The Hall–Kier alpha value is -2.61. The number of halogens is 1. The molecule has 3 aromatic rings. The van der Waals surface area contributed by atoms with E-state index in [1.165, 1.54) is 5.56 Å². The minimum atomic E-state index is -0.432. The van der Waals surface area contributed by atoms with Gasteiger partial charge in [0.25, 0.3) is 0 Å². The van der Waals surface area contributed by atoms with Crippen molar-refractivity contribution < 1.29 is 9.53 Å². The van der Waals surface area contributed by atoms with E-state index in [0.29, 0.717) is 5.69 Å². The summed E-state index contributed by atoms with van der Waals surface area (Å²) in [4.78, 5) is 12.3. The molecule has 1 amide bonds. The number of amides is 1. The average Bonchev–Trinajstić information content (AvgIpc) is 3.28. The van der Waals surface area contributed by atoms with Crippen molar-refractivity contribution in [2.45, 2.75) is 33.0 Å². The molecular weight excluding hydrogens is 398 g/mol. The minimum absolute atomic E-state index is 0.170. The third kappa shape index (κ3) is 4.51. The normalized spacial score (nSPS) is 12.0. The van der Waals surface area contributed by atoms with Crippen molar-refractivity contribution in [1.29, 1.82) is 0 Å². The zero-order valence-corrected chi connectivity index (χ0v) is 16.2. The number of nitrogens with zero attached hydrogens (tertiary/aromatic N) is 4. The highest BCUT2D eigenvalue weighted by Gasteiger charge is 2.16. The van der Waals surface area contributed by atoms with E-state index < -0.39 is 6.04 Å². The largest absolute Gasteiger partial charge is 0.471 e. The molecule has 1 aromatic carbocycles. The lowest BCUT2D eigenvalue weighted by Gasteiger charge is -2.11. The minimum Gasteiger partial charge on any atom is -0.471 e. The van der Waals surface area contributed by atoms with Crippen LogP contribution < -0.4 is 10.1 Å². The fourth-order valence-electron chi connectivity index (χ4n) is 2.35. The Bertz CT molecular complexity index is 872. The summed E-state index contributed by atoms with van der Waals surface area (Å²) in [6, 6.07) is 7.53. The second-order valence-electron chi connectivity index (χ2n) is 5.84. The monoisotopic (exact) mass is 417 g/mol. The first-order valence-electron chi connectivity index (χ1n) is 8.30. The number of aromatic nitrogens is 4. The lowest BCUT2D eigenvalue weighted by atomic mass is 10.2. The van der Waals surface area contributed by atoms with Crippen LogP contribution in [0.25, 0.3) is 0 Å². The first kappa shape index (κ1) is 18.2. The molecule has 0 saturated carbocycles. The molecule has 0 aliphatic rings. The molecule has 2 aromatic heterocycles. The van der Waals surface area contributed by atoms with Gasteiger partial charge in [0.1, 0.15) is 11.8 Å². The number of hydrogen-bond donors (Lipinski definition) is 1. The Labute approximate surface area is 160 Å². The quantitative estimate of drug-likeness (QED) is 0.636. The zero-order chi connectivity index (χ0) is 18.5. The number of hydrogen-bond acceptors (Lipinski definition) is 4. The van der Waals surface area contributed by atoms with Crippen LogP contribution in [0.1, 0.15) is 25.5 Å². The zero-order valence-electron chi connectivity index (χ0n) is 14.6. The third-order valence-corrected chi connectivity index (χ3v) is 4.35. The van der Waals surface area contributed by atoms with Gasteiger partial charge in [-0.25, -0.2) is 4.68 Å². The Morgan fingerprint density at radius 3 is 2.65 bits per heavy atom. The van der Waals surface area contributed by atoms with Gasteiger partial charge < -0.3 is 10.1 Å². The smallest absolute Gasteiger partial charge is 0.249 e. The van der Waals surface area contributed by atoms with Crippen molar-refractivity contribution in [2.24, 2.45) is 0 Å². The van der Waals surface area contributed by atoms with Crippen LogP contribution in [0.2, 0.25) is 0 Å². The number of aryl methyl sites for hydroxylation is 1. The Morgan fingerprint density at radius 1 is 1.23 bits per heavy atom. The molecule has 1 N–H and O–H groups in total. The fraction of sp³-hybridized carbons (Fsp3) is 0.278. The second kappa shape index (κ2) is 8.18. The van der Waals surface area contributed by atoms with Crippen molar-refractivity contribution in [2.75, 3.05) is 5.32 Å². The molecule has 0 aliphatic carbocycles. The molecule has 0 fully saturated rings. The lowest BCUT2D eigenvalue weighted by Crippen LogP contribution is -2.23. The third-order valence-electron chi connectivity index (χ3n) is 3.94. The van der Waals surface area contributed by atoms with Crippen LogP contribution in [-0.4, -0.2) is 25.5 Å². The molecule has 8 heteroatoms. The maximum Gasteiger partial charge on any atom is 0.249 e. The van der Waals surface area contributed by atoms with Gasteiger partial charge in [0.2, 0.25) is 5.91 Å². The Morgan fingerprint density at radius 2 is 2.00 bits per heavy atom. The summed E-state index contributed by atoms with van der Waals surface area (Å²) in [7, 11) is 0. The number of rotatable bonds is 7. The van der Waals surface area contributed by atoms with Gasteiger partial charge in [-0.15, -0.1) is 0 Å². The van der Waals surface area contributed by atoms with Crippen molar-refractivity contribution in [3.8, 4) is 5.75 Å².